The number of nitrogens with one attached hydrogen (secondary N) is 1. The van der Waals surface area contributed by atoms with E-state index in [9.17, 15) is 9.59 Å². The van der Waals surface area contributed by atoms with Gasteiger partial charge in [0.15, 0.2) is 11.5 Å². The summed E-state index contributed by atoms with van der Waals surface area (Å²) in [5.41, 5.74) is 1.55. The fourth-order valence-corrected chi connectivity index (χ4v) is 4.14. The molecule has 1 unspecified atom stereocenters. The van der Waals surface area contributed by atoms with E-state index in [-0.39, 0.29) is 24.2 Å². The average molecular weight is 429 g/mol. The molecule has 1 N–H and O–H groups in total. The predicted molar refractivity (Wildman–Crippen MR) is 115 cm³/mol. The van der Waals surface area contributed by atoms with Gasteiger partial charge in [0.05, 0.1) is 30.6 Å². The molecule has 1 saturated heterocycles. The number of likely N-dealkylation sites (tertiary alicyclic amines) is 1. The molecule has 2 heterocycles. The molecule has 0 spiro atoms. The summed E-state index contributed by atoms with van der Waals surface area (Å²) in [5, 5.41) is 3.40. The Kier molecular flexibility index (Phi) is 6.43. The van der Waals surface area contributed by atoms with E-state index in [2.05, 4.69) is 5.32 Å². The zero-order valence-electron chi connectivity index (χ0n) is 16.7. The molecule has 0 aromatic heterocycles. The lowest BCUT2D eigenvalue weighted by molar-refractivity contribution is -0.133. The van der Waals surface area contributed by atoms with Gasteiger partial charge in [0.2, 0.25) is 11.8 Å². The zero-order chi connectivity index (χ0) is 20.9. The minimum absolute atomic E-state index is 0.0160. The quantitative estimate of drug-likeness (QED) is 0.801. The van der Waals surface area contributed by atoms with E-state index in [0.717, 1.165) is 30.5 Å². The summed E-state index contributed by atoms with van der Waals surface area (Å²) in [7, 11) is 0. The number of hydrogen-bond acceptors (Lipinski definition) is 4. The molecular formula is C23H25ClN2O4. The van der Waals surface area contributed by atoms with E-state index in [1.165, 1.54) is 0 Å². The third-order valence-electron chi connectivity index (χ3n) is 5.40. The van der Waals surface area contributed by atoms with Crippen LogP contribution in [0.5, 0.6) is 11.5 Å². The first-order valence-electron chi connectivity index (χ1n) is 10.3. The molecule has 30 heavy (non-hydrogen) atoms. The molecule has 2 amide bonds. The Balaban J connectivity index is 1.39. The first-order chi connectivity index (χ1) is 14.6. The van der Waals surface area contributed by atoms with E-state index in [1.807, 2.05) is 36.4 Å². The minimum Gasteiger partial charge on any atom is -0.489 e. The van der Waals surface area contributed by atoms with Crippen molar-refractivity contribution in [2.24, 2.45) is 5.92 Å². The molecule has 0 radical (unpaired) electrons. The lowest BCUT2D eigenvalue weighted by atomic mass is 9.96. The largest absolute Gasteiger partial charge is 0.489 e. The van der Waals surface area contributed by atoms with Gasteiger partial charge in [-0.1, -0.05) is 29.8 Å². The second-order valence-electron chi connectivity index (χ2n) is 7.67. The summed E-state index contributed by atoms with van der Waals surface area (Å²) in [5.74, 6) is 0.855. The Hall–Kier alpha value is -2.73. The number of nitrogens with zero attached hydrogens (tertiary/aromatic N) is 1. The molecule has 158 valence electrons. The number of halogens is 1. The van der Waals surface area contributed by atoms with Crippen molar-refractivity contribution in [1.82, 2.24) is 4.90 Å². The van der Waals surface area contributed by atoms with Gasteiger partial charge in [0.25, 0.3) is 0 Å². The van der Waals surface area contributed by atoms with Crippen LogP contribution in [0, 0.1) is 5.92 Å². The van der Waals surface area contributed by atoms with Crippen molar-refractivity contribution in [3.63, 3.8) is 0 Å². The monoisotopic (exact) mass is 428 g/mol. The van der Waals surface area contributed by atoms with Gasteiger partial charge in [-0.25, -0.2) is 0 Å². The first-order valence-corrected chi connectivity index (χ1v) is 10.7. The number of piperidine rings is 1. The number of amides is 2. The maximum absolute atomic E-state index is 12.9. The van der Waals surface area contributed by atoms with Crippen molar-refractivity contribution >= 4 is 29.1 Å². The van der Waals surface area contributed by atoms with Crippen LogP contribution in [0.4, 0.5) is 5.69 Å². The van der Waals surface area contributed by atoms with Crippen molar-refractivity contribution in [2.75, 3.05) is 31.6 Å². The molecule has 1 fully saturated rings. The van der Waals surface area contributed by atoms with Crippen LogP contribution in [0.2, 0.25) is 5.02 Å². The number of hydrogen-bond donors (Lipinski definition) is 1. The van der Waals surface area contributed by atoms with Gasteiger partial charge in [0, 0.05) is 25.2 Å². The van der Waals surface area contributed by atoms with E-state index < -0.39 is 0 Å². The van der Waals surface area contributed by atoms with E-state index in [0.29, 0.717) is 42.8 Å². The van der Waals surface area contributed by atoms with Gasteiger partial charge in [-0.2, -0.15) is 0 Å². The molecule has 4 rings (SSSR count). The highest BCUT2D eigenvalue weighted by Crippen LogP contribution is 2.38. The van der Waals surface area contributed by atoms with Crippen molar-refractivity contribution < 1.29 is 19.1 Å². The lowest BCUT2D eigenvalue weighted by Crippen LogP contribution is -2.44. The number of benzene rings is 2. The highest BCUT2D eigenvalue weighted by Gasteiger charge is 2.29. The van der Waals surface area contributed by atoms with Gasteiger partial charge >= 0.3 is 0 Å². The summed E-state index contributed by atoms with van der Waals surface area (Å²) in [6, 6.07) is 13.0. The highest BCUT2D eigenvalue weighted by molar-refractivity contribution is 6.32. The molecule has 0 aliphatic carbocycles. The average Bonchev–Trinajstić information content (AvgIpc) is 3.00. The normalized spacial score (nSPS) is 18.4. The maximum atomic E-state index is 12.9. The first kappa shape index (κ1) is 20.5. The Morgan fingerprint density at radius 2 is 1.90 bits per heavy atom. The molecule has 0 saturated carbocycles. The molecule has 2 aliphatic heterocycles. The standard InChI is InChI=1S/C23H25ClN2O4/c24-19-12-16(13-20-22(19)30-11-5-10-29-20)14-21(27)26-9-4-6-17(15-26)23(28)25-18-7-2-1-3-8-18/h1-3,7-8,12-13,17H,4-6,9-11,14-15H2,(H,25,28). The topological polar surface area (TPSA) is 67.9 Å². The summed E-state index contributed by atoms with van der Waals surface area (Å²) in [6.07, 6.45) is 2.58. The molecule has 7 heteroatoms. The van der Waals surface area contributed by atoms with Crippen molar-refractivity contribution in [1.29, 1.82) is 0 Å². The van der Waals surface area contributed by atoms with Crippen molar-refractivity contribution in [2.45, 2.75) is 25.7 Å². The van der Waals surface area contributed by atoms with Gasteiger partial charge in [0.1, 0.15) is 0 Å². The molecule has 0 bridgehead atoms. The lowest BCUT2D eigenvalue weighted by Gasteiger charge is -2.32. The van der Waals surface area contributed by atoms with Gasteiger partial charge in [-0.3, -0.25) is 9.59 Å². The van der Waals surface area contributed by atoms with Crippen LogP contribution in [0.1, 0.15) is 24.8 Å². The molecule has 2 aromatic carbocycles. The Bertz CT molecular complexity index is 919. The van der Waals surface area contributed by atoms with Crippen LogP contribution in [-0.2, 0) is 16.0 Å². The number of carbonyl (C=O) groups excluding carboxylic acids is 2. The number of carbonyl (C=O) groups is 2. The van der Waals surface area contributed by atoms with Crippen molar-refractivity contribution in [3.8, 4) is 11.5 Å². The summed E-state index contributed by atoms with van der Waals surface area (Å²) in [4.78, 5) is 27.3. The summed E-state index contributed by atoms with van der Waals surface area (Å²) >= 11 is 6.35. The Morgan fingerprint density at radius 3 is 2.73 bits per heavy atom. The number of anilines is 1. The zero-order valence-corrected chi connectivity index (χ0v) is 17.5. The van der Waals surface area contributed by atoms with E-state index >= 15 is 0 Å². The van der Waals surface area contributed by atoms with Crippen molar-refractivity contribution in [3.05, 3.63) is 53.1 Å². The minimum atomic E-state index is -0.213. The molecule has 6 nitrogen and oxygen atoms in total. The fourth-order valence-electron chi connectivity index (χ4n) is 3.86. The molecule has 1 atom stereocenters. The number of fused-ring (bicyclic) bond motifs is 1. The second kappa shape index (κ2) is 9.39. The van der Waals surface area contributed by atoms with Crippen LogP contribution >= 0.6 is 11.6 Å². The number of rotatable bonds is 4. The summed E-state index contributed by atoms with van der Waals surface area (Å²) < 4.78 is 11.4. The van der Waals surface area contributed by atoms with Crippen LogP contribution in [0.15, 0.2) is 42.5 Å². The Labute approximate surface area is 181 Å². The maximum Gasteiger partial charge on any atom is 0.229 e. The smallest absolute Gasteiger partial charge is 0.229 e. The summed E-state index contributed by atoms with van der Waals surface area (Å²) in [6.45, 7) is 2.21. The van der Waals surface area contributed by atoms with E-state index in [1.54, 1.807) is 11.0 Å². The van der Waals surface area contributed by atoms with Gasteiger partial charge in [-0.05, 0) is 42.7 Å². The third-order valence-corrected chi connectivity index (χ3v) is 5.68. The molecular weight excluding hydrogens is 404 g/mol. The second-order valence-corrected chi connectivity index (χ2v) is 8.07. The van der Waals surface area contributed by atoms with Crippen LogP contribution in [0.25, 0.3) is 0 Å². The van der Waals surface area contributed by atoms with E-state index in [4.69, 9.17) is 21.1 Å². The predicted octanol–water partition coefficient (Wildman–Crippen LogP) is 3.92. The fraction of sp³-hybridized carbons (Fsp3) is 0.391. The SMILES string of the molecule is O=C(Nc1ccccc1)C1CCCN(C(=O)Cc2cc(Cl)c3c(c2)OCCCO3)C1. The third kappa shape index (κ3) is 4.87. The molecule has 2 aliphatic rings. The Morgan fingerprint density at radius 1 is 1.10 bits per heavy atom. The van der Waals surface area contributed by atoms with Crippen LogP contribution in [0.3, 0.4) is 0 Å². The van der Waals surface area contributed by atoms with Gasteiger partial charge < -0.3 is 19.7 Å². The number of ether oxygens (including phenoxy) is 2. The van der Waals surface area contributed by atoms with Gasteiger partial charge in [-0.15, -0.1) is 0 Å². The van der Waals surface area contributed by atoms with Crippen LogP contribution in [-0.4, -0.2) is 43.0 Å². The van der Waals surface area contributed by atoms with Crippen LogP contribution < -0.4 is 14.8 Å². The molecule has 2 aromatic rings. The highest BCUT2D eigenvalue weighted by atomic mass is 35.5. The number of para-hydroxylation sites is 1.